The number of fused-ring (bicyclic) bond motifs is 2. The number of piperazine rings is 1. The van der Waals surface area contributed by atoms with Crippen LogP contribution in [0.15, 0.2) is 29.3 Å². The Balaban J connectivity index is 0.000000392. The number of likely N-dealkylation sites (N-methyl/N-ethyl adjacent to an activating group) is 1. The molecule has 10 heteroatoms. The largest absolute Gasteiger partial charge is 0.481 e. The first-order valence-electron chi connectivity index (χ1n) is 12.2. The Morgan fingerprint density at radius 1 is 1.17 bits per heavy atom. The van der Waals surface area contributed by atoms with Crippen molar-refractivity contribution in [1.29, 1.82) is 0 Å². The highest BCUT2D eigenvalue weighted by Crippen LogP contribution is 2.34. The zero-order valence-corrected chi connectivity index (χ0v) is 22.3. The lowest BCUT2D eigenvalue weighted by Crippen LogP contribution is -2.53. The van der Waals surface area contributed by atoms with E-state index in [9.17, 15) is 9.59 Å². The smallest absolute Gasteiger partial charge is 0.303 e. The summed E-state index contributed by atoms with van der Waals surface area (Å²) in [6.45, 7) is 8.21. The molecule has 36 heavy (non-hydrogen) atoms. The van der Waals surface area contributed by atoms with Crippen LogP contribution in [0.2, 0.25) is 0 Å². The Bertz CT molecular complexity index is 1070. The molecule has 0 unspecified atom stereocenters. The van der Waals surface area contributed by atoms with Gasteiger partial charge in [-0.25, -0.2) is 9.98 Å². The van der Waals surface area contributed by atoms with Crippen molar-refractivity contribution in [2.75, 3.05) is 40.4 Å². The Morgan fingerprint density at radius 3 is 2.50 bits per heavy atom. The van der Waals surface area contributed by atoms with Crippen LogP contribution >= 0.6 is 11.3 Å². The summed E-state index contributed by atoms with van der Waals surface area (Å²) < 4.78 is 5.34. The molecular weight excluding hydrogens is 480 g/mol. The third-order valence-corrected chi connectivity index (χ3v) is 7.63. The van der Waals surface area contributed by atoms with Crippen LogP contribution in [0.5, 0.6) is 0 Å². The summed E-state index contributed by atoms with van der Waals surface area (Å²) >= 11 is 1.85. The molecule has 0 amide bonds. The van der Waals surface area contributed by atoms with Crippen LogP contribution in [0.3, 0.4) is 0 Å². The number of benzene rings is 1. The number of hydrogen-bond acceptors (Lipinski definition) is 8. The van der Waals surface area contributed by atoms with Gasteiger partial charge < -0.3 is 19.8 Å². The van der Waals surface area contributed by atoms with Gasteiger partial charge in [0, 0.05) is 56.6 Å². The Morgan fingerprint density at radius 2 is 1.86 bits per heavy atom. The fourth-order valence-corrected chi connectivity index (χ4v) is 5.25. The van der Waals surface area contributed by atoms with Crippen LogP contribution in [0.4, 0.5) is 5.69 Å². The highest BCUT2D eigenvalue weighted by atomic mass is 32.1. The molecule has 2 aliphatic rings. The predicted molar refractivity (Wildman–Crippen MR) is 141 cm³/mol. The molecular formula is C26H36N4O5S. The monoisotopic (exact) mass is 516 g/mol. The van der Waals surface area contributed by atoms with Crippen molar-refractivity contribution in [3.63, 3.8) is 0 Å². The summed E-state index contributed by atoms with van der Waals surface area (Å²) in [5.74, 6) is -0.659. The summed E-state index contributed by atoms with van der Waals surface area (Å²) in [7, 11) is 3.99. The van der Waals surface area contributed by atoms with Crippen LogP contribution in [0, 0.1) is 0 Å². The zero-order chi connectivity index (χ0) is 26.2. The molecule has 3 heterocycles. The summed E-state index contributed by atoms with van der Waals surface area (Å²) in [5, 5.41) is 17.0. The second kappa shape index (κ2) is 12.9. The maximum atomic E-state index is 9.64. The first-order valence-corrected chi connectivity index (χ1v) is 13.1. The standard InChI is InChI=1S/C22H30N4OS.C4H6O4/c1-15(2)22-24-20-19(28-22)13-16-7-5-6-8-18(16)23-21(20)26-11-10-25(3)17(14-26)9-12-27-4;5-3(6)1-2-4(7)8/h5-8,15,17H,9-14H2,1-4H3;1-2H2,(H,5,6)(H,7,8)/t17-;/m0./s1. The predicted octanol–water partition coefficient (Wildman–Crippen LogP) is 3.84. The molecule has 2 aromatic rings. The van der Waals surface area contributed by atoms with E-state index in [4.69, 9.17) is 24.9 Å². The number of carboxylic acid groups (broad SMARTS) is 2. The van der Waals surface area contributed by atoms with E-state index < -0.39 is 11.9 Å². The van der Waals surface area contributed by atoms with Gasteiger partial charge in [0.05, 0.1) is 23.5 Å². The number of ether oxygens (including phenoxy) is 1. The second-order valence-corrected chi connectivity index (χ2v) is 10.5. The molecule has 196 valence electrons. The highest BCUT2D eigenvalue weighted by molar-refractivity contribution is 7.12. The zero-order valence-electron chi connectivity index (χ0n) is 21.4. The molecule has 1 saturated heterocycles. The summed E-state index contributed by atoms with van der Waals surface area (Å²) in [5.41, 5.74) is 3.48. The number of carboxylic acids is 2. The molecule has 0 aliphatic carbocycles. The fourth-order valence-electron chi connectivity index (χ4n) is 4.16. The number of aliphatic imine (C=N–C) groups is 1. The van der Waals surface area contributed by atoms with Crippen molar-refractivity contribution >= 4 is 34.8 Å². The Hall–Kier alpha value is -2.82. The molecule has 0 saturated carbocycles. The quantitative estimate of drug-likeness (QED) is 0.570. The van der Waals surface area contributed by atoms with E-state index >= 15 is 0 Å². The molecule has 9 nitrogen and oxygen atoms in total. The highest BCUT2D eigenvalue weighted by Gasteiger charge is 2.31. The van der Waals surface area contributed by atoms with Gasteiger partial charge in [0.15, 0.2) is 5.84 Å². The number of methoxy groups -OCH3 is 1. The van der Waals surface area contributed by atoms with Gasteiger partial charge in [0.1, 0.15) is 5.69 Å². The summed E-state index contributed by atoms with van der Waals surface area (Å²) in [4.78, 5) is 35.7. The van der Waals surface area contributed by atoms with Gasteiger partial charge in [0.2, 0.25) is 0 Å². The van der Waals surface area contributed by atoms with Crippen LogP contribution < -0.4 is 0 Å². The van der Waals surface area contributed by atoms with E-state index in [-0.39, 0.29) is 12.8 Å². The summed E-state index contributed by atoms with van der Waals surface area (Å²) in [6.07, 6.45) is 1.36. The van der Waals surface area contributed by atoms with Gasteiger partial charge in [0.25, 0.3) is 0 Å². The number of amidine groups is 1. The van der Waals surface area contributed by atoms with Crippen molar-refractivity contribution < 1.29 is 24.5 Å². The molecule has 2 aliphatic heterocycles. The normalized spacial score (nSPS) is 17.4. The first kappa shape index (κ1) is 27.8. The maximum Gasteiger partial charge on any atom is 0.303 e. The van der Waals surface area contributed by atoms with E-state index in [2.05, 4.69) is 55.0 Å². The van der Waals surface area contributed by atoms with Crippen molar-refractivity contribution in [2.24, 2.45) is 4.99 Å². The molecule has 4 rings (SSSR count). The number of carbonyl (C=O) groups is 2. The Labute approximate surface area is 216 Å². The number of rotatable bonds is 7. The SMILES string of the molecule is COCC[C@H]1CN(C2=Nc3ccccc3Cc3sc(C(C)C)nc32)CCN1C.O=C(O)CCC(=O)O. The third kappa shape index (κ3) is 7.35. The van der Waals surface area contributed by atoms with Crippen molar-refractivity contribution in [2.45, 2.75) is 51.5 Å². The topological polar surface area (TPSA) is 116 Å². The number of nitrogens with zero attached hydrogens (tertiary/aromatic N) is 4. The van der Waals surface area contributed by atoms with E-state index in [1.165, 1.54) is 15.4 Å². The number of para-hydroxylation sites is 1. The van der Waals surface area contributed by atoms with Gasteiger partial charge in [-0.3, -0.25) is 14.5 Å². The average Bonchev–Trinajstić information content (AvgIpc) is 3.19. The lowest BCUT2D eigenvalue weighted by atomic mass is 10.1. The lowest BCUT2D eigenvalue weighted by Gasteiger charge is -2.40. The number of thiazole rings is 1. The summed E-state index contributed by atoms with van der Waals surface area (Å²) in [6, 6.07) is 9.00. The molecule has 0 spiro atoms. The Kier molecular flexibility index (Phi) is 9.98. The van der Waals surface area contributed by atoms with Crippen molar-refractivity contribution in [3.8, 4) is 0 Å². The van der Waals surface area contributed by atoms with Crippen LogP contribution in [-0.4, -0.2) is 89.2 Å². The van der Waals surface area contributed by atoms with E-state index in [0.29, 0.717) is 12.0 Å². The lowest BCUT2D eigenvalue weighted by molar-refractivity contribution is -0.143. The number of aliphatic carboxylic acids is 2. The molecule has 1 aromatic heterocycles. The van der Waals surface area contributed by atoms with E-state index in [1.54, 1.807) is 7.11 Å². The average molecular weight is 517 g/mol. The first-order chi connectivity index (χ1) is 17.2. The van der Waals surface area contributed by atoms with E-state index in [0.717, 1.165) is 56.3 Å². The minimum Gasteiger partial charge on any atom is -0.481 e. The molecule has 2 N–H and O–H groups in total. The van der Waals surface area contributed by atoms with Gasteiger partial charge in [-0.1, -0.05) is 32.0 Å². The van der Waals surface area contributed by atoms with Gasteiger partial charge >= 0.3 is 11.9 Å². The minimum atomic E-state index is -1.08. The number of hydrogen-bond donors (Lipinski definition) is 2. The van der Waals surface area contributed by atoms with Crippen LogP contribution in [0.1, 0.15) is 60.2 Å². The molecule has 1 atom stereocenters. The van der Waals surface area contributed by atoms with Gasteiger partial charge in [-0.2, -0.15) is 0 Å². The van der Waals surface area contributed by atoms with E-state index in [1.807, 2.05) is 11.3 Å². The maximum absolute atomic E-state index is 9.64. The fraction of sp³-hybridized carbons (Fsp3) is 0.538. The van der Waals surface area contributed by atoms with Crippen LogP contribution in [-0.2, 0) is 20.7 Å². The molecule has 0 radical (unpaired) electrons. The van der Waals surface area contributed by atoms with Crippen LogP contribution in [0.25, 0.3) is 0 Å². The number of aromatic nitrogens is 1. The molecule has 1 fully saturated rings. The van der Waals surface area contributed by atoms with Gasteiger partial charge in [-0.15, -0.1) is 11.3 Å². The van der Waals surface area contributed by atoms with Gasteiger partial charge in [-0.05, 0) is 25.1 Å². The molecule has 0 bridgehead atoms. The molecule has 1 aromatic carbocycles. The van der Waals surface area contributed by atoms with Crippen molar-refractivity contribution in [3.05, 3.63) is 45.4 Å². The third-order valence-electron chi connectivity index (χ3n) is 6.27. The second-order valence-electron chi connectivity index (χ2n) is 9.37. The van der Waals surface area contributed by atoms with Crippen molar-refractivity contribution in [1.82, 2.24) is 14.8 Å². The minimum absolute atomic E-state index is 0.296.